The van der Waals surface area contributed by atoms with Gasteiger partial charge in [0.1, 0.15) is 6.04 Å². The number of nitrogens with one attached hydrogen (secondary N) is 1. The second-order valence-electron chi connectivity index (χ2n) is 6.98. The first kappa shape index (κ1) is 18.0. The molecule has 1 fully saturated rings. The zero-order chi connectivity index (χ0) is 17.8. The van der Waals surface area contributed by atoms with Gasteiger partial charge in [0.25, 0.3) is 0 Å². The molecular formula is C21H25ClN2O. The van der Waals surface area contributed by atoms with Gasteiger partial charge in [0, 0.05) is 10.7 Å². The van der Waals surface area contributed by atoms with Crippen LogP contribution in [-0.4, -0.2) is 23.9 Å². The van der Waals surface area contributed by atoms with Crippen LogP contribution in [0.15, 0.2) is 48.5 Å². The van der Waals surface area contributed by atoms with E-state index >= 15 is 0 Å². The van der Waals surface area contributed by atoms with E-state index in [4.69, 9.17) is 11.6 Å². The summed E-state index contributed by atoms with van der Waals surface area (Å²) in [5, 5.41) is 3.72. The average molecular weight is 357 g/mol. The Morgan fingerprint density at radius 2 is 1.84 bits per heavy atom. The van der Waals surface area contributed by atoms with Crippen LogP contribution < -0.4 is 5.32 Å². The molecule has 132 valence electrons. The summed E-state index contributed by atoms with van der Waals surface area (Å²) < 4.78 is 0. The topological polar surface area (TPSA) is 32.3 Å². The molecule has 1 N–H and O–H groups in total. The molecule has 1 aliphatic heterocycles. The number of piperidine rings is 1. The summed E-state index contributed by atoms with van der Waals surface area (Å²) in [4.78, 5) is 15.4. The normalized spacial score (nSPS) is 17.2. The monoisotopic (exact) mass is 356 g/mol. The molecule has 1 saturated heterocycles. The Balaban J connectivity index is 1.83. The molecule has 4 heteroatoms. The second-order valence-corrected chi connectivity index (χ2v) is 7.39. The van der Waals surface area contributed by atoms with Crippen molar-refractivity contribution in [3.8, 4) is 0 Å². The molecule has 1 aliphatic rings. The first-order valence-electron chi connectivity index (χ1n) is 8.90. The third kappa shape index (κ3) is 4.42. The number of nitrogens with zero attached hydrogens (tertiary/aromatic N) is 1. The average Bonchev–Trinajstić information content (AvgIpc) is 2.61. The van der Waals surface area contributed by atoms with Crippen molar-refractivity contribution in [2.45, 2.75) is 32.7 Å². The SMILES string of the molecule is Cc1ccc(NC(=O)[C@@H](c2ccccc2)N2CCC(C)CC2)cc1Cl. The summed E-state index contributed by atoms with van der Waals surface area (Å²) in [5.74, 6) is 0.729. The molecule has 0 aliphatic carbocycles. The zero-order valence-electron chi connectivity index (χ0n) is 14.8. The van der Waals surface area contributed by atoms with Crippen LogP contribution in [0.5, 0.6) is 0 Å². The van der Waals surface area contributed by atoms with Gasteiger partial charge in [0.2, 0.25) is 5.91 Å². The molecule has 0 aromatic heterocycles. The van der Waals surface area contributed by atoms with Crippen LogP contribution >= 0.6 is 11.6 Å². The number of amides is 1. The molecule has 2 aromatic rings. The van der Waals surface area contributed by atoms with E-state index in [1.165, 1.54) is 0 Å². The largest absolute Gasteiger partial charge is 0.324 e. The van der Waals surface area contributed by atoms with E-state index in [0.717, 1.165) is 48.7 Å². The minimum atomic E-state index is -0.270. The summed E-state index contributed by atoms with van der Waals surface area (Å²) in [6.07, 6.45) is 2.26. The van der Waals surface area contributed by atoms with Gasteiger partial charge in [-0.05, 0) is 62.0 Å². The lowest BCUT2D eigenvalue weighted by molar-refractivity contribution is -0.122. The smallest absolute Gasteiger partial charge is 0.246 e. The van der Waals surface area contributed by atoms with Crippen molar-refractivity contribution < 1.29 is 4.79 Å². The Bertz CT molecular complexity index is 724. The first-order chi connectivity index (χ1) is 12.0. The van der Waals surface area contributed by atoms with E-state index in [1.807, 2.05) is 55.5 Å². The maximum absolute atomic E-state index is 13.1. The molecule has 0 spiro atoms. The predicted octanol–water partition coefficient (Wildman–Crippen LogP) is 5.06. The third-order valence-corrected chi connectivity index (χ3v) is 5.39. The Morgan fingerprint density at radius 1 is 1.16 bits per heavy atom. The molecule has 1 amide bonds. The van der Waals surface area contributed by atoms with Gasteiger partial charge in [-0.25, -0.2) is 0 Å². The lowest BCUT2D eigenvalue weighted by atomic mass is 9.95. The van der Waals surface area contributed by atoms with Crippen LogP contribution in [0.1, 0.15) is 36.9 Å². The quantitative estimate of drug-likeness (QED) is 0.830. The Hall–Kier alpha value is -1.84. The lowest BCUT2D eigenvalue weighted by Crippen LogP contribution is -2.41. The Kier molecular flexibility index (Phi) is 5.77. The van der Waals surface area contributed by atoms with E-state index in [0.29, 0.717) is 5.02 Å². The van der Waals surface area contributed by atoms with E-state index in [-0.39, 0.29) is 11.9 Å². The van der Waals surface area contributed by atoms with Gasteiger partial charge in [-0.15, -0.1) is 0 Å². The number of likely N-dealkylation sites (tertiary alicyclic amines) is 1. The van der Waals surface area contributed by atoms with Crippen LogP contribution in [0.25, 0.3) is 0 Å². The molecular weight excluding hydrogens is 332 g/mol. The molecule has 0 radical (unpaired) electrons. The molecule has 1 atom stereocenters. The number of hydrogen-bond acceptors (Lipinski definition) is 2. The maximum Gasteiger partial charge on any atom is 0.246 e. The minimum Gasteiger partial charge on any atom is -0.324 e. The van der Waals surface area contributed by atoms with E-state index in [9.17, 15) is 4.79 Å². The molecule has 0 bridgehead atoms. The maximum atomic E-state index is 13.1. The minimum absolute atomic E-state index is 0.000623. The van der Waals surface area contributed by atoms with Crippen LogP contribution in [0.2, 0.25) is 5.02 Å². The van der Waals surface area contributed by atoms with Crippen molar-refractivity contribution in [2.24, 2.45) is 5.92 Å². The fourth-order valence-electron chi connectivity index (χ4n) is 3.33. The fraction of sp³-hybridized carbons (Fsp3) is 0.381. The lowest BCUT2D eigenvalue weighted by Gasteiger charge is -2.36. The van der Waals surface area contributed by atoms with Crippen molar-refractivity contribution in [1.82, 2.24) is 4.90 Å². The number of halogens is 1. The van der Waals surface area contributed by atoms with E-state index in [2.05, 4.69) is 17.1 Å². The number of benzene rings is 2. The van der Waals surface area contributed by atoms with Crippen molar-refractivity contribution in [3.05, 3.63) is 64.7 Å². The first-order valence-corrected chi connectivity index (χ1v) is 9.28. The van der Waals surface area contributed by atoms with Crippen molar-refractivity contribution in [3.63, 3.8) is 0 Å². The predicted molar refractivity (Wildman–Crippen MR) is 104 cm³/mol. The van der Waals surface area contributed by atoms with Crippen LogP contribution in [0.3, 0.4) is 0 Å². The summed E-state index contributed by atoms with van der Waals surface area (Å²) in [6, 6.07) is 15.4. The summed E-state index contributed by atoms with van der Waals surface area (Å²) in [6.45, 7) is 6.13. The van der Waals surface area contributed by atoms with Gasteiger partial charge < -0.3 is 5.32 Å². The molecule has 0 unspecified atom stereocenters. The Labute approximate surface area is 155 Å². The van der Waals surface area contributed by atoms with Crippen LogP contribution in [0.4, 0.5) is 5.69 Å². The van der Waals surface area contributed by atoms with Gasteiger partial charge in [-0.1, -0.05) is 54.9 Å². The van der Waals surface area contributed by atoms with Crippen molar-refractivity contribution >= 4 is 23.2 Å². The van der Waals surface area contributed by atoms with Crippen molar-refractivity contribution in [1.29, 1.82) is 0 Å². The number of carbonyl (C=O) groups is 1. The molecule has 0 saturated carbocycles. The van der Waals surface area contributed by atoms with Crippen LogP contribution in [0, 0.1) is 12.8 Å². The summed E-state index contributed by atoms with van der Waals surface area (Å²) in [5.41, 5.74) is 2.78. The number of carbonyl (C=O) groups excluding carboxylic acids is 1. The summed E-state index contributed by atoms with van der Waals surface area (Å²) >= 11 is 6.20. The molecule has 3 nitrogen and oxygen atoms in total. The van der Waals surface area contributed by atoms with Gasteiger partial charge in [-0.3, -0.25) is 9.69 Å². The molecule has 1 heterocycles. The van der Waals surface area contributed by atoms with Gasteiger partial charge >= 0.3 is 0 Å². The third-order valence-electron chi connectivity index (χ3n) is 4.99. The highest BCUT2D eigenvalue weighted by Crippen LogP contribution is 2.28. The second kappa shape index (κ2) is 8.03. The van der Waals surface area contributed by atoms with Gasteiger partial charge in [0.05, 0.1) is 0 Å². The highest BCUT2D eigenvalue weighted by molar-refractivity contribution is 6.31. The number of rotatable bonds is 4. The molecule has 2 aromatic carbocycles. The number of hydrogen-bond donors (Lipinski definition) is 1. The Morgan fingerprint density at radius 3 is 2.48 bits per heavy atom. The number of aryl methyl sites for hydroxylation is 1. The fourth-order valence-corrected chi connectivity index (χ4v) is 3.51. The highest BCUT2D eigenvalue weighted by atomic mass is 35.5. The molecule has 3 rings (SSSR count). The van der Waals surface area contributed by atoms with Crippen molar-refractivity contribution in [2.75, 3.05) is 18.4 Å². The summed E-state index contributed by atoms with van der Waals surface area (Å²) in [7, 11) is 0. The van der Waals surface area contributed by atoms with Gasteiger partial charge in [0.15, 0.2) is 0 Å². The van der Waals surface area contributed by atoms with E-state index < -0.39 is 0 Å². The van der Waals surface area contributed by atoms with Crippen LogP contribution in [-0.2, 0) is 4.79 Å². The standard InChI is InChI=1S/C21H25ClN2O/c1-15-10-12-24(13-11-15)20(17-6-4-3-5-7-17)21(25)23-18-9-8-16(2)19(22)14-18/h3-9,14-15,20H,10-13H2,1-2H3,(H,23,25)/t20-/m1/s1. The molecule has 25 heavy (non-hydrogen) atoms. The number of anilines is 1. The van der Waals surface area contributed by atoms with Gasteiger partial charge in [-0.2, -0.15) is 0 Å². The highest BCUT2D eigenvalue weighted by Gasteiger charge is 2.30. The zero-order valence-corrected chi connectivity index (χ0v) is 15.6. The van der Waals surface area contributed by atoms with E-state index in [1.54, 1.807) is 0 Å².